The number of hydrogen-bond acceptors (Lipinski definition) is 1. The van der Waals surface area contributed by atoms with E-state index in [-0.39, 0.29) is 0 Å². The zero-order chi connectivity index (χ0) is 13.8. The molecule has 0 bridgehead atoms. The fourth-order valence-corrected chi connectivity index (χ4v) is 2.37. The molecule has 0 aliphatic carbocycles. The average Bonchev–Trinajstić information content (AvgIpc) is 2.49. The van der Waals surface area contributed by atoms with E-state index < -0.39 is 0 Å². The van der Waals surface area contributed by atoms with Gasteiger partial charge in [-0.15, -0.1) is 0 Å². The number of nitrogens with two attached hydrogens (primary N) is 1. The lowest BCUT2D eigenvalue weighted by Gasteiger charge is -2.06. The van der Waals surface area contributed by atoms with E-state index in [4.69, 9.17) is 5.73 Å². The van der Waals surface area contributed by atoms with Crippen molar-refractivity contribution in [3.63, 3.8) is 0 Å². The van der Waals surface area contributed by atoms with E-state index in [0.717, 1.165) is 13.0 Å². The number of benzene rings is 3. The van der Waals surface area contributed by atoms with Gasteiger partial charge in [0, 0.05) is 5.69 Å². The Balaban J connectivity index is 1.88. The second-order valence-electron chi connectivity index (χ2n) is 4.98. The molecule has 0 aliphatic heterocycles. The quantitative estimate of drug-likeness (QED) is 0.565. The highest BCUT2D eigenvalue weighted by atomic mass is 14.5. The van der Waals surface area contributed by atoms with E-state index in [1.54, 1.807) is 0 Å². The molecule has 3 aromatic carbocycles. The number of hydrogen-bond donors (Lipinski definition) is 1. The Bertz CT molecular complexity index is 690. The summed E-state index contributed by atoms with van der Waals surface area (Å²) in [6.07, 6.45) is 0. The third kappa shape index (κ3) is 2.91. The van der Waals surface area contributed by atoms with Crippen LogP contribution in [0.4, 0.5) is 5.69 Å². The Labute approximate surface area is 120 Å². The SMILES string of the molecule is Nc1ccc(-c2cccc(Bc3ccccc3)c2)cc1. The maximum absolute atomic E-state index is 5.74. The first-order chi connectivity index (χ1) is 9.81. The van der Waals surface area contributed by atoms with Gasteiger partial charge in [-0.1, -0.05) is 77.7 Å². The molecule has 0 amide bonds. The summed E-state index contributed by atoms with van der Waals surface area (Å²) in [5.41, 5.74) is 11.6. The summed E-state index contributed by atoms with van der Waals surface area (Å²) < 4.78 is 0. The van der Waals surface area contributed by atoms with Crippen molar-refractivity contribution < 1.29 is 0 Å². The van der Waals surface area contributed by atoms with Gasteiger partial charge in [0.05, 0.1) is 0 Å². The predicted molar refractivity (Wildman–Crippen MR) is 89.1 cm³/mol. The minimum atomic E-state index is 0.800. The normalized spacial score (nSPS) is 10.2. The molecule has 20 heavy (non-hydrogen) atoms. The molecular formula is C18H16BN. The molecule has 0 unspecified atom stereocenters. The van der Waals surface area contributed by atoms with Crippen LogP contribution in [-0.2, 0) is 0 Å². The third-order valence-corrected chi connectivity index (χ3v) is 3.42. The molecule has 2 N–H and O–H groups in total. The molecule has 0 aliphatic rings. The second kappa shape index (κ2) is 5.66. The molecular weight excluding hydrogens is 241 g/mol. The van der Waals surface area contributed by atoms with E-state index in [9.17, 15) is 0 Å². The predicted octanol–water partition coefficient (Wildman–Crippen LogP) is 2.32. The zero-order valence-electron chi connectivity index (χ0n) is 11.3. The van der Waals surface area contributed by atoms with Crippen molar-refractivity contribution in [1.82, 2.24) is 0 Å². The summed E-state index contributed by atoms with van der Waals surface area (Å²) in [6.45, 7) is 0. The highest BCUT2D eigenvalue weighted by Crippen LogP contribution is 2.19. The molecule has 0 saturated carbocycles. The molecule has 3 rings (SSSR count). The standard InChI is InChI=1S/C18H16BN/c20-18-11-9-14(10-12-18)15-5-4-8-17(13-15)19-16-6-2-1-3-7-16/h1-13,19H,20H2. The fourth-order valence-electron chi connectivity index (χ4n) is 2.37. The highest BCUT2D eigenvalue weighted by molar-refractivity contribution is 6.67. The van der Waals surface area contributed by atoms with Crippen molar-refractivity contribution in [3.8, 4) is 11.1 Å². The van der Waals surface area contributed by atoms with Crippen LogP contribution in [0.2, 0.25) is 0 Å². The monoisotopic (exact) mass is 257 g/mol. The molecule has 0 radical (unpaired) electrons. The summed E-state index contributed by atoms with van der Waals surface area (Å²) in [5.74, 6) is 0. The van der Waals surface area contributed by atoms with E-state index >= 15 is 0 Å². The van der Waals surface area contributed by atoms with Crippen LogP contribution in [0.5, 0.6) is 0 Å². The van der Waals surface area contributed by atoms with Crippen molar-refractivity contribution in [2.45, 2.75) is 0 Å². The summed E-state index contributed by atoms with van der Waals surface area (Å²) in [7, 11) is 0.962. The maximum atomic E-state index is 5.74. The van der Waals surface area contributed by atoms with Crippen LogP contribution in [0.3, 0.4) is 0 Å². The van der Waals surface area contributed by atoms with E-state index in [0.29, 0.717) is 0 Å². The fraction of sp³-hybridized carbons (Fsp3) is 0. The minimum Gasteiger partial charge on any atom is -0.399 e. The van der Waals surface area contributed by atoms with Gasteiger partial charge in [0.2, 0.25) is 0 Å². The second-order valence-corrected chi connectivity index (χ2v) is 4.98. The Morgan fingerprint density at radius 2 is 1.30 bits per heavy atom. The van der Waals surface area contributed by atoms with Gasteiger partial charge in [-0.2, -0.15) is 0 Å². The Hall–Kier alpha value is -2.48. The lowest BCUT2D eigenvalue weighted by atomic mass is 9.64. The van der Waals surface area contributed by atoms with E-state index in [1.807, 2.05) is 18.2 Å². The molecule has 0 heterocycles. The van der Waals surface area contributed by atoms with Crippen LogP contribution in [0.15, 0.2) is 78.9 Å². The summed E-state index contributed by atoms with van der Waals surface area (Å²) in [5, 5.41) is 0. The van der Waals surface area contributed by atoms with Crippen molar-refractivity contribution >= 4 is 23.9 Å². The molecule has 0 saturated heterocycles. The smallest absolute Gasteiger partial charge is 0.192 e. The van der Waals surface area contributed by atoms with Gasteiger partial charge in [-0.3, -0.25) is 0 Å². The molecule has 3 aromatic rings. The van der Waals surface area contributed by atoms with Crippen LogP contribution >= 0.6 is 0 Å². The Morgan fingerprint density at radius 1 is 0.600 bits per heavy atom. The summed E-state index contributed by atoms with van der Waals surface area (Å²) in [6, 6.07) is 27.2. The van der Waals surface area contributed by atoms with Crippen molar-refractivity contribution in [1.29, 1.82) is 0 Å². The number of rotatable bonds is 3. The van der Waals surface area contributed by atoms with Gasteiger partial charge in [0.1, 0.15) is 0 Å². The topological polar surface area (TPSA) is 26.0 Å². The molecule has 0 spiro atoms. The summed E-state index contributed by atoms with van der Waals surface area (Å²) >= 11 is 0. The first kappa shape index (κ1) is 12.6. The molecule has 1 nitrogen and oxygen atoms in total. The van der Waals surface area contributed by atoms with E-state index in [1.165, 1.54) is 22.1 Å². The minimum absolute atomic E-state index is 0.800. The molecule has 0 atom stereocenters. The van der Waals surface area contributed by atoms with Crippen LogP contribution in [0.1, 0.15) is 0 Å². The first-order valence-corrected chi connectivity index (χ1v) is 6.80. The first-order valence-electron chi connectivity index (χ1n) is 6.80. The highest BCUT2D eigenvalue weighted by Gasteiger charge is 2.02. The molecule has 2 heteroatoms. The number of anilines is 1. The van der Waals surface area contributed by atoms with Crippen molar-refractivity contribution in [2.24, 2.45) is 0 Å². The molecule has 96 valence electrons. The van der Waals surface area contributed by atoms with Gasteiger partial charge in [0.25, 0.3) is 0 Å². The summed E-state index contributed by atoms with van der Waals surface area (Å²) in [4.78, 5) is 0. The Kier molecular flexibility index (Phi) is 3.55. The lowest BCUT2D eigenvalue weighted by Crippen LogP contribution is -2.26. The lowest BCUT2D eigenvalue weighted by molar-refractivity contribution is 1.63. The van der Waals surface area contributed by atoms with Crippen molar-refractivity contribution in [2.75, 3.05) is 5.73 Å². The Morgan fingerprint density at radius 3 is 2.05 bits per heavy atom. The van der Waals surface area contributed by atoms with Crippen LogP contribution in [0.25, 0.3) is 11.1 Å². The van der Waals surface area contributed by atoms with Gasteiger partial charge < -0.3 is 5.73 Å². The van der Waals surface area contributed by atoms with Gasteiger partial charge in [-0.25, -0.2) is 0 Å². The zero-order valence-corrected chi connectivity index (χ0v) is 11.3. The molecule has 0 fully saturated rings. The number of nitrogen functional groups attached to an aromatic ring is 1. The van der Waals surface area contributed by atoms with Gasteiger partial charge in [0.15, 0.2) is 7.28 Å². The maximum Gasteiger partial charge on any atom is 0.192 e. The van der Waals surface area contributed by atoms with Gasteiger partial charge >= 0.3 is 0 Å². The third-order valence-electron chi connectivity index (χ3n) is 3.42. The van der Waals surface area contributed by atoms with Crippen LogP contribution in [-0.4, -0.2) is 7.28 Å². The van der Waals surface area contributed by atoms with Crippen LogP contribution in [0, 0.1) is 0 Å². The molecule has 0 aromatic heterocycles. The van der Waals surface area contributed by atoms with Crippen molar-refractivity contribution in [3.05, 3.63) is 78.9 Å². The van der Waals surface area contributed by atoms with E-state index in [2.05, 4.69) is 60.7 Å². The largest absolute Gasteiger partial charge is 0.399 e. The van der Waals surface area contributed by atoms with Crippen LogP contribution < -0.4 is 16.7 Å². The average molecular weight is 257 g/mol. The van der Waals surface area contributed by atoms with Gasteiger partial charge in [-0.05, 0) is 23.3 Å².